The fourth-order valence-corrected chi connectivity index (χ4v) is 4.27. The van der Waals surface area contributed by atoms with E-state index in [9.17, 15) is 0 Å². The lowest BCUT2D eigenvalue weighted by atomic mass is 10.1. The number of aryl methyl sites for hydroxylation is 1. The molecule has 2 nitrogen and oxygen atoms in total. The first-order valence-corrected chi connectivity index (χ1v) is 8.76. The lowest BCUT2D eigenvalue weighted by Gasteiger charge is -2.05. The molecule has 5 aromatic rings. The summed E-state index contributed by atoms with van der Waals surface area (Å²) in [5, 5.41) is 3.66. The average Bonchev–Trinajstić information content (AvgIpc) is 3.01. The Balaban J connectivity index is 1.80. The third-order valence-corrected chi connectivity index (χ3v) is 5.67. The molecule has 0 aliphatic carbocycles. The van der Waals surface area contributed by atoms with Gasteiger partial charge in [-0.1, -0.05) is 54.6 Å². The van der Waals surface area contributed by atoms with E-state index in [0.29, 0.717) is 0 Å². The minimum atomic E-state index is 0.800. The van der Waals surface area contributed by atoms with E-state index in [1.54, 1.807) is 11.3 Å². The van der Waals surface area contributed by atoms with E-state index in [1.165, 1.54) is 25.6 Å². The van der Waals surface area contributed by atoms with Gasteiger partial charge in [-0.3, -0.25) is 0 Å². The van der Waals surface area contributed by atoms with Gasteiger partial charge >= 0.3 is 0 Å². The first-order chi connectivity index (χ1) is 11.8. The fraction of sp³-hybridized carbons (Fsp3) is 0.0476. The predicted octanol–water partition coefficient (Wildman–Crippen LogP) is 5.97. The third kappa shape index (κ3) is 2.02. The van der Waals surface area contributed by atoms with Crippen LogP contribution in [0.1, 0.15) is 5.69 Å². The van der Waals surface area contributed by atoms with Crippen LogP contribution in [0.2, 0.25) is 0 Å². The Morgan fingerprint density at radius 1 is 0.792 bits per heavy atom. The van der Waals surface area contributed by atoms with Gasteiger partial charge in [0.05, 0.1) is 15.9 Å². The summed E-state index contributed by atoms with van der Waals surface area (Å²) >= 11 is 1.77. The SMILES string of the molecule is Cc1nc(-c2ccc3ccccc3c2)nc2c1sc1ccccc12. The summed E-state index contributed by atoms with van der Waals surface area (Å²) in [6.07, 6.45) is 0. The number of hydrogen-bond donors (Lipinski definition) is 0. The number of thiophene rings is 1. The van der Waals surface area contributed by atoms with Gasteiger partial charge in [0, 0.05) is 15.6 Å². The van der Waals surface area contributed by atoms with Crippen molar-refractivity contribution in [2.75, 3.05) is 0 Å². The summed E-state index contributed by atoms with van der Waals surface area (Å²) in [7, 11) is 0. The zero-order valence-electron chi connectivity index (χ0n) is 13.2. The minimum absolute atomic E-state index is 0.800. The maximum absolute atomic E-state index is 4.90. The molecular formula is C21H14N2S. The molecule has 114 valence electrons. The Kier molecular flexibility index (Phi) is 2.91. The van der Waals surface area contributed by atoms with Gasteiger partial charge in [-0.05, 0) is 29.8 Å². The first kappa shape index (κ1) is 13.6. The van der Waals surface area contributed by atoms with Gasteiger partial charge in [0.25, 0.3) is 0 Å². The van der Waals surface area contributed by atoms with E-state index < -0.39 is 0 Å². The van der Waals surface area contributed by atoms with Crippen LogP contribution in [0.3, 0.4) is 0 Å². The Labute approximate surface area is 143 Å². The van der Waals surface area contributed by atoms with Crippen LogP contribution in [0.5, 0.6) is 0 Å². The molecule has 3 heteroatoms. The van der Waals surface area contributed by atoms with Gasteiger partial charge in [-0.25, -0.2) is 9.97 Å². The zero-order valence-corrected chi connectivity index (χ0v) is 14.0. The molecule has 0 atom stereocenters. The molecule has 0 amide bonds. The van der Waals surface area contributed by atoms with E-state index in [4.69, 9.17) is 9.97 Å². The number of nitrogens with zero attached hydrogens (tertiary/aromatic N) is 2. The Hall–Kier alpha value is -2.78. The second-order valence-electron chi connectivity index (χ2n) is 5.97. The number of rotatable bonds is 1. The molecule has 24 heavy (non-hydrogen) atoms. The van der Waals surface area contributed by atoms with Crippen LogP contribution in [0.4, 0.5) is 0 Å². The molecule has 3 aromatic carbocycles. The van der Waals surface area contributed by atoms with Crippen LogP contribution in [-0.4, -0.2) is 9.97 Å². The predicted molar refractivity (Wildman–Crippen MR) is 103 cm³/mol. The maximum atomic E-state index is 4.90. The average molecular weight is 326 g/mol. The van der Waals surface area contributed by atoms with Crippen LogP contribution >= 0.6 is 11.3 Å². The largest absolute Gasteiger partial charge is 0.232 e. The number of aromatic nitrogens is 2. The van der Waals surface area contributed by atoms with E-state index in [1.807, 2.05) is 0 Å². The Morgan fingerprint density at radius 2 is 1.58 bits per heavy atom. The molecular weight excluding hydrogens is 312 g/mol. The number of benzene rings is 3. The van der Waals surface area contributed by atoms with Crippen LogP contribution in [-0.2, 0) is 0 Å². The molecule has 5 rings (SSSR count). The topological polar surface area (TPSA) is 25.8 Å². The quantitative estimate of drug-likeness (QED) is 0.379. The Morgan fingerprint density at radius 3 is 2.50 bits per heavy atom. The lowest BCUT2D eigenvalue weighted by Crippen LogP contribution is -1.92. The molecule has 0 unspecified atom stereocenters. The summed E-state index contributed by atoms with van der Waals surface area (Å²) in [6.45, 7) is 2.07. The standard InChI is InChI=1S/C21H14N2S/c1-13-20-19(17-8-4-5-9-18(17)24-20)23-21(22-13)16-11-10-14-6-2-3-7-15(14)12-16/h2-12H,1H3. The summed E-state index contributed by atoms with van der Waals surface area (Å²) in [6, 6.07) is 23.2. The van der Waals surface area contributed by atoms with Gasteiger partial charge in [0.15, 0.2) is 5.82 Å². The molecule has 0 bridgehead atoms. The first-order valence-electron chi connectivity index (χ1n) is 7.95. The van der Waals surface area contributed by atoms with Crippen LogP contribution < -0.4 is 0 Å². The van der Waals surface area contributed by atoms with E-state index in [-0.39, 0.29) is 0 Å². The highest BCUT2D eigenvalue weighted by Gasteiger charge is 2.12. The molecule has 2 aromatic heterocycles. The van der Waals surface area contributed by atoms with Crippen molar-refractivity contribution in [1.82, 2.24) is 9.97 Å². The van der Waals surface area contributed by atoms with Crippen molar-refractivity contribution in [2.24, 2.45) is 0 Å². The summed E-state index contributed by atoms with van der Waals surface area (Å²) in [4.78, 5) is 9.67. The van der Waals surface area contributed by atoms with E-state index >= 15 is 0 Å². The molecule has 0 radical (unpaired) electrons. The summed E-state index contributed by atoms with van der Waals surface area (Å²) in [5.41, 5.74) is 3.17. The highest BCUT2D eigenvalue weighted by atomic mass is 32.1. The number of fused-ring (bicyclic) bond motifs is 4. The van der Waals surface area contributed by atoms with Crippen LogP contribution in [0, 0.1) is 6.92 Å². The van der Waals surface area contributed by atoms with Crippen molar-refractivity contribution in [3.05, 3.63) is 72.4 Å². The molecule has 2 heterocycles. The molecule has 0 spiro atoms. The van der Waals surface area contributed by atoms with Crippen molar-refractivity contribution in [2.45, 2.75) is 6.92 Å². The van der Waals surface area contributed by atoms with Gasteiger partial charge in [0.1, 0.15) is 0 Å². The third-order valence-electron chi connectivity index (χ3n) is 4.40. The second-order valence-corrected chi connectivity index (χ2v) is 7.02. The van der Waals surface area contributed by atoms with Gasteiger partial charge < -0.3 is 0 Å². The Bertz CT molecular complexity index is 1220. The number of hydrogen-bond acceptors (Lipinski definition) is 3. The van der Waals surface area contributed by atoms with Gasteiger partial charge in [-0.15, -0.1) is 11.3 Å². The fourth-order valence-electron chi connectivity index (χ4n) is 3.19. The lowest BCUT2D eigenvalue weighted by molar-refractivity contribution is 1.17. The second kappa shape index (κ2) is 5.11. The van der Waals surface area contributed by atoms with Crippen molar-refractivity contribution >= 4 is 42.4 Å². The zero-order chi connectivity index (χ0) is 16.1. The van der Waals surface area contributed by atoms with E-state index in [0.717, 1.165) is 22.6 Å². The van der Waals surface area contributed by atoms with Crippen LogP contribution in [0.15, 0.2) is 66.7 Å². The maximum Gasteiger partial charge on any atom is 0.160 e. The van der Waals surface area contributed by atoms with Crippen molar-refractivity contribution in [1.29, 1.82) is 0 Å². The van der Waals surface area contributed by atoms with Crippen molar-refractivity contribution in [3.63, 3.8) is 0 Å². The molecule has 0 N–H and O–H groups in total. The van der Waals surface area contributed by atoms with E-state index in [2.05, 4.69) is 73.7 Å². The molecule has 0 saturated carbocycles. The van der Waals surface area contributed by atoms with Crippen molar-refractivity contribution < 1.29 is 0 Å². The molecule has 0 saturated heterocycles. The smallest absolute Gasteiger partial charge is 0.160 e. The highest BCUT2D eigenvalue weighted by Crippen LogP contribution is 2.35. The molecule has 0 aliphatic heterocycles. The summed E-state index contributed by atoms with van der Waals surface area (Å²) < 4.78 is 2.45. The van der Waals surface area contributed by atoms with Crippen molar-refractivity contribution in [3.8, 4) is 11.4 Å². The molecule has 0 fully saturated rings. The van der Waals surface area contributed by atoms with Crippen LogP contribution in [0.25, 0.3) is 42.5 Å². The highest BCUT2D eigenvalue weighted by molar-refractivity contribution is 7.25. The summed E-state index contributed by atoms with van der Waals surface area (Å²) in [5.74, 6) is 0.800. The molecule has 0 aliphatic rings. The van der Waals surface area contributed by atoms with Gasteiger partial charge in [0.2, 0.25) is 0 Å². The minimum Gasteiger partial charge on any atom is -0.232 e. The van der Waals surface area contributed by atoms with Gasteiger partial charge in [-0.2, -0.15) is 0 Å². The monoisotopic (exact) mass is 326 g/mol. The normalized spacial score (nSPS) is 11.5.